The summed E-state index contributed by atoms with van der Waals surface area (Å²) in [6, 6.07) is 0. The van der Waals surface area contributed by atoms with Gasteiger partial charge in [0, 0.05) is 5.57 Å². The van der Waals surface area contributed by atoms with E-state index in [2.05, 4.69) is 18.5 Å². The first-order chi connectivity index (χ1) is 5.37. The number of carbonyl (C=O) groups excluding carboxylic acids is 1. The quantitative estimate of drug-likeness (QED) is 0.471. The maximum absolute atomic E-state index is 10.8. The molecule has 0 aromatic carbocycles. The monoisotopic (exact) mass is 191 g/mol. The zero-order valence-corrected chi connectivity index (χ0v) is 7.10. The molecule has 5 nitrogen and oxygen atoms in total. The molecule has 0 unspecified atom stereocenters. The molecule has 0 aromatic rings. The Bertz CT molecular complexity index is 304. The van der Waals surface area contributed by atoms with Crippen molar-refractivity contribution < 1.29 is 17.8 Å². The molecule has 0 aliphatic rings. The fraction of sp³-hybridized carbons (Fsp3) is 0.167. The molecule has 0 saturated heterocycles. The molecule has 0 aliphatic carbocycles. The minimum atomic E-state index is -4.18. The SMILES string of the molecule is C=CNC(=O)C(=C)CS(=O)(=O)O. The van der Waals surface area contributed by atoms with E-state index >= 15 is 0 Å². The fourth-order valence-corrected chi connectivity index (χ4v) is 1.05. The van der Waals surface area contributed by atoms with E-state index in [0.717, 1.165) is 6.20 Å². The summed E-state index contributed by atoms with van der Waals surface area (Å²) in [4.78, 5) is 10.8. The second-order valence-electron chi connectivity index (χ2n) is 2.01. The van der Waals surface area contributed by atoms with E-state index in [-0.39, 0.29) is 5.57 Å². The maximum Gasteiger partial charge on any atom is 0.269 e. The minimum absolute atomic E-state index is 0.239. The molecule has 12 heavy (non-hydrogen) atoms. The van der Waals surface area contributed by atoms with Gasteiger partial charge in [-0.1, -0.05) is 13.2 Å². The molecule has 68 valence electrons. The normalized spacial score (nSPS) is 10.4. The average Bonchev–Trinajstić information content (AvgIpc) is 1.84. The zero-order chi connectivity index (χ0) is 9.78. The van der Waals surface area contributed by atoms with Crippen molar-refractivity contribution in [1.82, 2.24) is 5.32 Å². The highest BCUT2D eigenvalue weighted by atomic mass is 32.2. The lowest BCUT2D eigenvalue weighted by Crippen LogP contribution is -2.22. The highest BCUT2D eigenvalue weighted by Gasteiger charge is 2.12. The molecular formula is C6H9NO4S. The van der Waals surface area contributed by atoms with Crippen LogP contribution < -0.4 is 5.32 Å². The van der Waals surface area contributed by atoms with Crippen LogP contribution >= 0.6 is 0 Å². The van der Waals surface area contributed by atoms with Crippen molar-refractivity contribution in [3.63, 3.8) is 0 Å². The number of amides is 1. The van der Waals surface area contributed by atoms with Crippen LogP contribution in [0.5, 0.6) is 0 Å². The van der Waals surface area contributed by atoms with Crippen LogP contribution in [0.25, 0.3) is 0 Å². The Kier molecular flexibility index (Phi) is 3.65. The number of carbonyl (C=O) groups is 1. The molecule has 0 radical (unpaired) electrons. The van der Waals surface area contributed by atoms with Crippen LogP contribution in [0.3, 0.4) is 0 Å². The molecular weight excluding hydrogens is 182 g/mol. The van der Waals surface area contributed by atoms with Crippen molar-refractivity contribution in [3.8, 4) is 0 Å². The maximum atomic E-state index is 10.8. The Morgan fingerprint density at radius 1 is 1.58 bits per heavy atom. The molecule has 0 rings (SSSR count). The molecule has 1 amide bonds. The second kappa shape index (κ2) is 4.03. The zero-order valence-electron chi connectivity index (χ0n) is 6.28. The Labute approximate surface area is 70.5 Å². The number of hydrogen-bond acceptors (Lipinski definition) is 3. The third kappa shape index (κ3) is 4.64. The Morgan fingerprint density at radius 3 is 2.42 bits per heavy atom. The summed E-state index contributed by atoms with van der Waals surface area (Å²) in [5, 5.41) is 2.12. The van der Waals surface area contributed by atoms with E-state index in [4.69, 9.17) is 4.55 Å². The molecule has 0 aliphatic heterocycles. The first-order valence-electron chi connectivity index (χ1n) is 2.91. The van der Waals surface area contributed by atoms with E-state index in [0.29, 0.717) is 0 Å². The summed E-state index contributed by atoms with van der Waals surface area (Å²) in [7, 11) is -4.18. The summed E-state index contributed by atoms with van der Waals surface area (Å²) in [5.41, 5.74) is -0.239. The van der Waals surface area contributed by atoms with Crippen LogP contribution in [0.2, 0.25) is 0 Å². The van der Waals surface area contributed by atoms with Gasteiger partial charge in [0.15, 0.2) is 0 Å². The Balaban J connectivity index is 4.24. The number of rotatable bonds is 4. The predicted molar refractivity (Wildman–Crippen MR) is 43.9 cm³/mol. The van der Waals surface area contributed by atoms with Crippen molar-refractivity contribution in [1.29, 1.82) is 0 Å². The first kappa shape index (κ1) is 10.9. The van der Waals surface area contributed by atoms with Crippen LogP contribution in [0, 0.1) is 0 Å². The fourth-order valence-electron chi connectivity index (χ4n) is 0.480. The molecule has 0 heterocycles. The Morgan fingerprint density at radius 2 is 2.08 bits per heavy atom. The summed E-state index contributed by atoms with van der Waals surface area (Å²) in [5.74, 6) is -1.45. The second-order valence-corrected chi connectivity index (χ2v) is 3.46. The van der Waals surface area contributed by atoms with Crippen LogP contribution in [0.4, 0.5) is 0 Å². The Hall–Kier alpha value is -1.14. The molecule has 0 bridgehead atoms. The van der Waals surface area contributed by atoms with Gasteiger partial charge >= 0.3 is 0 Å². The third-order valence-corrected chi connectivity index (χ3v) is 1.62. The molecule has 0 saturated carbocycles. The van der Waals surface area contributed by atoms with Crippen LogP contribution in [-0.2, 0) is 14.9 Å². The highest BCUT2D eigenvalue weighted by Crippen LogP contribution is 1.95. The number of hydrogen-bond donors (Lipinski definition) is 2. The van der Waals surface area contributed by atoms with E-state index in [1.54, 1.807) is 0 Å². The van der Waals surface area contributed by atoms with E-state index in [9.17, 15) is 13.2 Å². The summed E-state index contributed by atoms with van der Waals surface area (Å²) in [6.45, 7) is 6.35. The van der Waals surface area contributed by atoms with Crippen LogP contribution in [0.15, 0.2) is 24.9 Å². The molecule has 0 aromatic heterocycles. The van der Waals surface area contributed by atoms with E-state index in [1.165, 1.54) is 0 Å². The molecule has 0 atom stereocenters. The van der Waals surface area contributed by atoms with Crippen LogP contribution in [-0.4, -0.2) is 24.6 Å². The number of nitrogens with one attached hydrogen (secondary N) is 1. The van der Waals surface area contributed by atoms with E-state index in [1.807, 2.05) is 0 Å². The average molecular weight is 191 g/mol. The van der Waals surface area contributed by atoms with Gasteiger partial charge < -0.3 is 5.32 Å². The highest BCUT2D eigenvalue weighted by molar-refractivity contribution is 7.86. The summed E-state index contributed by atoms with van der Waals surface area (Å²) in [6.07, 6.45) is 1.09. The van der Waals surface area contributed by atoms with Gasteiger partial charge in [0.05, 0.1) is 0 Å². The summed E-state index contributed by atoms with van der Waals surface area (Å²) >= 11 is 0. The summed E-state index contributed by atoms with van der Waals surface area (Å²) < 4.78 is 28.8. The van der Waals surface area contributed by atoms with Gasteiger partial charge in [0.2, 0.25) is 0 Å². The van der Waals surface area contributed by atoms with Crippen molar-refractivity contribution in [3.05, 3.63) is 24.9 Å². The van der Waals surface area contributed by atoms with Gasteiger partial charge in [-0.3, -0.25) is 9.35 Å². The predicted octanol–water partition coefficient (Wildman–Crippen LogP) is -0.310. The largest absolute Gasteiger partial charge is 0.329 e. The lowest BCUT2D eigenvalue weighted by molar-refractivity contribution is -0.116. The van der Waals surface area contributed by atoms with Gasteiger partial charge in [-0.2, -0.15) is 8.42 Å². The van der Waals surface area contributed by atoms with Crippen LogP contribution in [0.1, 0.15) is 0 Å². The smallest absolute Gasteiger partial charge is 0.269 e. The van der Waals surface area contributed by atoms with Crippen molar-refractivity contribution >= 4 is 16.0 Å². The first-order valence-corrected chi connectivity index (χ1v) is 4.52. The van der Waals surface area contributed by atoms with Gasteiger partial charge in [-0.15, -0.1) is 0 Å². The van der Waals surface area contributed by atoms with Gasteiger partial charge in [0.1, 0.15) is 5.75 Å². The third-order valence-electron chi connectivity index (χ3n) is 0.911. The van der Waals surface area contributed by atoms with Gasteiger partial charge in [-0.05, 0) is 6.20 Å². The molecule has 2 N–H and O–H groups in total. The standard InChI is InChI=1S/C6H9NO4S/c1-3-7-6(8)5(2)4-12(9,10)11/h3H,1-2,4H2,(H,7,8)(H,9,10,11). The van der Waals surface area contributed by atoms with Gasteiger partial charge in [0.25, 0.3) is 16.0 Å². The van der Waals surface area contributed by atoms with Crippen molar-refractivity contribution in [2.75, 3.05) is 5.75 Å². The molecule has 0 spiro atoms. The van der Waals surface area contributed by atoms with Gasteiger partial charge in [-0.25, -0.2) is 0 Å². The van der Waals surface area contributed by atoms with Crippen molar-refractivity contribution in [2.45, 2.75) is 0 Å². The lowest BCUT2D eigenvalue weighted by Gasteiger charge is -2.00. The molecule has 0 fully saturated rings. The minimum Gasteiger partial charge on any atom is -0.329 e. The van der Waals surface area contributed by atoms with E-state index < -0.39 is 21.8 Å². The molecule has 6 heteroatoms. The van der Waals surface area contributed by atoms with Crippen molar-refractivity contribution in [2.24, 2.45) is 0 Å². The lowest BCUT2D eigenvalue weighted by atomic mass is 10.3. The topological polar surface area (TPSA) is 83.5 Å².